The van der Waals surface area contributed by atoms with Crippen molar-refractivity contribution in [3.05, 3.63) is 23.8 Å². The molecule has 1 amide bonds. The highest BCUT2D eigenvalue weighted by atomic mass is 16.5. The van der Waals surface area contributed by atoms with Crippen LogP contribution < -0.4 is 21.7 Å². The molecule has 0 bridgehead atoms. The first-order valence-electron chi connectivity index (χ1n) is 7.28. The number of nitrogens with one attached hydrogen (secondary N) is 1. The molecule has 0 aliphatic carbocycles. The van der Waals surface area contributed by atoms with Gasteiger partial charge in [0.05, 0.1) is 24.6 Å². The molecule has 6 nitrogen and oxygen atoms in total. The van der Waals surface area contributed by atoms with Crippen LogP contribution in [0.2, 0.25) is 0 Å². The highest BCUT2D eigenvalue weighted by molar-refractivity contribution is 5.96. The normalized spacial score (nSPS) is 22.1. The van der Waals surface area contributed by atoms with Gasteiger partial charge in [-0.2, -0.15) is 0 Å². The van der Waals surface area contributed by atoms with E-state index in [1.807, 2.05) is 6.07 Å². The summed E-state index contributed by atoms with van der Waals surface area (Å²) in [5.41, 5.74) is 13.6. The largest absolute Gasteiger partial charge is 0.397 e. The number of anilines is 2. The molecule has 0 spiro atoms. The van der Waals surface area contributed by atoms with Crippen molar-refractivity contribution < 1.29 is 9.53 Å². The van der Waals surface area contributed by atoms with E-state index in [2.05, 4.69) is 24.1 Å². The summed E-state index contributed by atoms with van der Waals surface area (Å²) in [4.78, 5) is 14.2. The third-order valence-electron chi connectivity index (χ3n) is 3.67. The van der Waals surface area contributed by atoms with Gasteiger partial charge >= 0.3 is 0 Å². The molecule has 1 saturated heterocycles. The molecule has 5 N–H and O–H groups in total. The standard InChI is InChI=1S/C15H24N4O2/c1-10-8-21-9-11(2)19(10)14-4-3-12(7-13(14)17)15(20)18-6-5-16/h3-4,7,10-11H,5-6,8-9,16-17H2,1-2H3,(H,18,20). The number of nitrogens with two attached hydrogens (primary N) is 2. The predicted octanol–water partition coefficient (Wildman–Crippen LogP) is 0.571. The summed E-state index contributed by atoms with van der Waals surface area (Å²) >= 11 is 0. The number of hydrogen-bond donors (Lipinski definition) is 3. The van der Waals surface area contributed by atoms with E-state index < -0.39 is 0 Å². The van der Waals surface area contributed by atoms with E-state index in [-0.39, 0.29) is 18.0 Å². The van der Waals surface area contributed by atoms with Crippen molar-refractivity contribution >= 4 is 17.3 Å². The maximum atomic E-state index is 11.9. The summed E-state index contributed by atoms with van der Waals surface area (Å²) in [6.45, 7) is 6.46. The van der Waals surface area contributed by atoms with Crippen molar-refractivity contribution in [1.82, 2.24) is 5.32 Å². The zero-order chi connectivity index (χ0) is 15.4. The van der Waals surface area contributed by atoms with E-state index in [1.165, 1.54) is 0 Å². The van der Waals surface area contributed by atoms with Crippen molar-refractivity contribution in [2.75, 3.05) is 36.9 Å². The molecule has 2 atom stereocenters. The van der Waals surface area contributed by atoms with Gasteiger partial charge in [0.25, 0.3) is 5.91 Å². The second-order valence-corrected chi connectivity index (χ2v) is 5.46. The van der Waals surface area contributed by atoms with Gasteiger partial charge in [-0.1, -0.05) is 0 Å². The number of hydrogen-bond acceptors (Lipinski definition) is 5. The Balaban J connectivity index is 2.20. The lowest BCUT2D eigenvalue weighted by molar-refractivity contribution is 0.0757. The second kappa shape index (κ2) is 6.78. The minimum Gasteiger partial charge on any atom is -0.397 e. The van der Waals surface area contributed by atoms with Crippen LogP contribution in [0.4, 0.5) is 11.4 Å². The molecule has 1 aromatic carbocycles. The number of carbonyl (C=O) groups excluding carboxylic acids is 1. The van der Waals surface area contributed by atoms with Crippen LogP contribution in [0.15, 0.2) is 18.2 Å². The molecule has 0 radical (unpaired) electrons. The van der Waals surface area contributed by atoms with E-state index >= 15 is 0 Å². The van der Waals surface area contributed by atoms with Crippen molar-refractivity contribution in [2.45, 2.75) is 25.9 Å². The van der Waals surface area contributed by atoms with Crippen LogP contribution in [0.25, 0.3) is 0 Å². The molecule has 1 aliphatic heterocycles. The molecule has 2 unspecified atom stereocenters. The quantitative estimate of drug-likeness (QED) is 0.705. The molecule has 0 aromatic heterocycles. The third kappa shape index (κ3) is 3.46. The average molecular weight is 292 g/mol. The van der Waals surface area contributed by atoms with E-state index in [1.54, 1.807) is 12.1 Å². The predicted molar refractivity (Wildman–Crippen MR) is 84.5 cm³/mol. The topological polar surface area (TPSA) is 93.6 Å². The third-order valence-corrected chi connectivity index (χ3v) is 3.67. The van der Waals surface area contributed by atoms with Crippen molar-refractivity contribution in [1.29, 1.82) is 0 Å². The fourth-order valence-electron chi connectivity index (χ4n) is 2.70. The first-order valence-corrected chi connectivity index (χ1v) is 7.28. The van der Waals surface area contributed by atoms with Crippen LogP contribution >= 0.6 is 0 Å². The van der Waals surface area contributed by atoms with Gasteiger partial charge in [0.2, 0.25) is 0 Å². The molecule has 2 rings (SSSR count). The highest BCUT2D eigenvalue weighted by Crippen LogP contribution is 2.30. The summed E-state index contributed by atoms with van der Waals surface area (Å²) in [5, 5.41) is 2.74. The Morgan fingerprint density at radius 1 is 1.38 bits per heavy atom. The summed E-state index contributed by atoms with van der Waals surface area (Å²) in [5.74, 6) is -0.151. The molecular formula is C15H24N4O2. The van der Waals surface area contributed by atoms with Crippen LogP contribution in [0.1, 0.15) is 24.2 Å². The minimum atomic E-state index is -0.151. The van der Waals surface area contributed by atoms with Crippen molar-refractivity contribution in [3.8, 4) is 0 Å². The number of rotatable bonds is 4. The van der Waals surface area contributed by atoms with Crippen molar-refractivity contribution in [2.24, 2.45) is 5.73 Å². The van der Waals surface area contributed by atoms with Crippen molar-refractivity contribution in [3.63, 3.8) is 0 Å². The van der Waals surface area contributed by atoms with Crippen LogP contribution in [0.3, 0.4) is 0 Å². The average Bonchev–Trinajstić information content (AvgIpc) is 2.46. The SMILES string of the molecule is CC1COCC(C)N1c1ccc(C(=O)NCCN)cc1N. The van der Waals surface area contributed by atoms with E-state index in [0.717, 1.165) is 5.69 Å². The van der Waals surface area contributed by atoms with Gasteiger partial charge < -0.3 is 26.4 Å². The van der Waals surface area contributed by atoms with Gasteiger partial charge in [0.15, 0.2) is 0 Å². The Morgan fingerprint density at radius 2 is 2.05 bits per heavy atom. The monoisotopic (exact) mass is 292 g/mol. The summed E-state index contributed by atoms with van der Waals surface area (Å²) in [6, 6.07) is 5.94. The van der Waals surface area contributed by atoms with Gasteiger partial charge in [-0.15, -0.1) is 0 Å². The summed E-state index contributed by atoms with van der Waals surface area (Å²) in [7, 11) is 0. The molecule has 21 heavy (non-hydrogen) atoms. The number of morpholine rings is 1. The zero-order valence-electron chi connectivity index (χ0n) is 12.6. The van der Waals surface area contributed by atoms with Crippen LogP contribution in [-0.2, 0) is 4.74 Å². The van der Waals surface area contributed by atoms with Crippen LogP contribution in [-0.4, -0.2) is 44.3 Å². The van der Waals surface area contributed by atoms with Gasteiger partial charge in [-0.05, 0) is 32.0 Å². The molecule has 1 aliphatic rings. The maximum absolute atomic E-state index is 11.9. The summed E-state index contributed by atoms with van der Waals surface area (Å²) in [6.07, 6.45) is 0. The fraction of sp³-hybridized carbons (Fsp3) is 0.533. The van der Waals surface area contributed by atoms with Crippen LogP contribution in [0.5, 0.6) is 0 Å². The Bertz CT molecular complexity index is 496. The molecule has 1 aromatic rings. The maximum Gasteiger partial charge on any atom is 0.251 e. The minimum absolute atomic E-state index is 0.151. The zero-order valence-corrected chi connectivity index (χ0v) is 12.6. The molecule has 116 valence electrons. The second-order valence-electron chi connectivity index (χ2n) is 5.46. The van der Waals surface area contributed by atoms with Gasteiger partial charge in [0.1, 0.15) is 0 Å². The lowest BCUT2D eigenvalue weighted by atomic mass is 10.1. The first kappa shape index (κ1) is 15.6. The Hall–Kier alpha value is -1.79. The Morgan fingerprint density at radius 3 is 2.62 bits per heavy atom. The molecule has 0 saturated carbocycles. The lowest BCUT2D eigenvalue weighted by Crippen LogP contribution is -2.50. The van der Waals surface area contributed by atoms with Gasteiger partial charge in [0, 0.05) is 30.7 Å². The van der Waals surface area contributed by atoms with E-state index in [9.17, 15) is 4.79 Å². The molecule has 6 heteroatoms. The number of nitrogens with zero attached hydrogens (tertiary/aromatic N) is 1. The fourth-order valence-corrected chi connectivity index (χ4v) is 2.70. The van der Waals surface area contributed by atoms with Crippen LogP contribution in [0, 0.1) is 0 Å². The number of carbonyl (C=O) groups is 1. The lowest BCUT2D eigenvalue weighted by Gasteiger charge is -2.41. The molecule has 1 fully saturated rings. The first-order chi connectivity index (χ1) is 10.0. The van der Waals surface area contributed by atoms with Gasteiger partial charge in [-0.25, -0.2) is 0 Å². The van der Waals surface area contributed by atoms with Gasteiger partial charge in [-0.3, -0.25) is 4.79 Å². The Kier molecular flexibility index (Phi) is 5.03. The molecule has 1 heterocycles. The number of nitrogen functional groups attached to an aromatic ring is 1. The number of amides is 1. The smallest absolute Gasteiger partial charge is 0.251 e. The Labute approximate surface area is 125 Å². The molecular weight excluding hydrogens is 268 g/mol. The highest BCUT2D eigenvalue weighted by Gasteiger charge is 2.27. The van der Waals surface area contributed by atoms with E-state index in [0.29, 0.717) is 37.6 Å². The van der Waals surface area contributed by atoms with E-state index in [4.69, 9.17) is 16.2 Å². The summed E-state index contributed by atoms with van der Waals surface area (Å²) < 4.78 is 5.53. The number of ether oxygens (including phenoxy) is 1. The number of benzene rings is 1.